The lowest BCUT2D eigenvalue weighted by molar-refractivity contribution is 1.02. The van der Waals surface area contributed by atoms with Crippen molar-refractivity contribution in [3.05, 3.63) is 78.6 Å². The maximum Gasteiger partial charge on any atom is 0.115 e. The minimum atomic E-state index is 0.149. The molecule has 14 radical (unpaired) electrons. The molecule has 7 rings (SSSR count). The molecule has 0 aliphatic rings. The van der Waals surface area contributed by atoms with E-state index >= 15 is 0 Å². The number of fused-ring (bicyclic) bond motifs is 4. The summed E-state index contributed by atoms with van der Waals surface area (Å²) in [4.78, 5) is 4.85. The number of rotatable bonds is 2. The highest BCUT2D eigenvalue weighted by molar-refractivity contribution is 6.72. The highest BCUT2D eigenvalue weighted by atomic mass is 15.1. The lowest BCUT2D eigenvalue weighted by Gasteiger charge is -2.27. The lowest BCUT2D eigenvalue weighted by atomic mass is 9.58. The molecular weight excluding hydrogens is 488 g/mol. The van der Waals surface area contributed by atoms with E-state index in [4.69, 9.17) is 59.9 Å². The predicted octanol–water partition coefficient (Wildman–Crippen LogP) is 0.0171. The van der Waals surface area contributed by atoms with Crippen molar-refractivity contribution in [2.45, 2.75) is 6.92 Å². The second kappa shape index (κ2) is 9.28. The van der Waals surface area contributed by atoms with Crippen molar-refractivity contribution in [3.8, 4) is 16.8 Å². The molecule has 0 bridgehead atoms. The second-order valence-corrected chi connectivity index (χ2v) is 10.3. The standard InChI is InChI=1S/C32H15B7N2/c1-14-40-19-12-6-7-13-20(19)41(14)32-17-10-4-2-8-15(17)21(16-9-3-5-11-18(16)32)22-25(33)23-24(27(35)26(22)34)29(37)31(39)30(38)28(23)36/h2-13H,1H3. The van der Waals surface area contributed by atoms with Crippen molar-refractivity contribution in [1.82, 2.24) is 9.55 Å². The third-order valence-electron chi connectivity index (χ3n) is 8.13. The number of para-hydroxylation sites is 2. The Morgan fingerprint density at radius 2 is 0.951 bits per heavy atom. The first kappa shape index (κ1) is 26.0. The summed E-state index contributed by atoms with van der Waals surface area (Å²) < 4.78 is 2.20. The van der Waals surface area contributed by atoms with Crippen LogP contribution in [0, 0.1) is 6.92 Å². The van der Waals surface area contributed by atoms with Crippen LogP contribution in [-0.4, -0.2) is 64.5 Å². The van der Waals surface area contributed by atoms with Crippen LogP contribution in [0.5, 0.6) is 0 Å². The molecule has 0 unspecified atom stereocenters. The Morgan fingerprint density at radius 3 is 1.54 bits per heavy atom. The summed E-state index contributed by atoms with van der Waals surface area (Å²) >= 11 is 0. The average molecular weight is 503 g/mol. The van der Waals surface area contributed by atoms with Gasteiger partial charge in [-0.1, -0.05) is 88.0 Å². The van der Waals surface area contributed by atoms with Crippen molar-refractivity contribution in [2.75, 3.05) is 0 Å². The van der Waals surface area contributed by atoms with Crippen molar-refractivity contribution in [1.29, 1.82) is 0 Å². The summed E-state index contributed by atoms with van der Waals surface area (Å²) in [7, 11) is 45.7. The second-order valence-electron chi connectivity index (χ2n) is 10.3. The van der Waals surface area contributed by atoms with Crippen molar-refractivity contribution in [3.63, 3.8) is 0 Å². The Kier molecular flexibility index (Phi) is 5.87. The van der Waals surface area contributed by atoms with Crippen molar-refractivity contribution >= 4 is 137 Å². The summed E-state index contributed by atoms with van der Waals surface area (Å²) in [6, 6.07) is 24.4. The topological polar surface area (TPSA) is 17.8 Å². The predicted molar refractivity (Wildman–Crippen MR) is 181 cm³/mol. The molecule has 0 atom stereocenters. The molecule has 0 N–H and O–H groups in total. The molecule has 0 saturated heterocycles. The molecule has 7 aromatic rings. The van der Waals surface area contributed by atoms with E-state index in [-0.39, 0.29) is 32.8 Å². The summed E-state index contributed by atoms with van der Waals surface area (Å²) in [6.45, 7) is 2.01. The van der Waals surface area contributed by atoms with E-state index in [1.54, 1.807) is 0 Å². The smallest absolute Gasteiger partial charge is 0.115 e. The van der Waals surface area contributed by atoms with E-state index < -0.39 is 0 Å². The molecule has 174 valence electrons. The van der Waals surface area contributed by atoms with Crippen LogP contribution >= 0.6 is 0 Å². The average Bonchev–Trinajstić information content (AvgIpc) is 3.31. The summed E-state index contributed by atoms with van der Waals surface area (Å²) in [5.74, 6) is 0.875. The first-order valence-electron chi connectivity index (χ1n) is 13.1. The van der Waals surface area contributed by atoms with Crippen LogP contribution in [0.4, 0.5) is 0 Å². The number of hydrogen-bond donors (Lipinski definition) is 0. The van der Waals surface area contributed by atoms with Crippen LogP contribution in [0.15, 0.2) is 72.8 Å². The van der Waals surface area contributed by atoms with E-state index in [9.17, 15) is 0 Å². The molecule has 0 fully saturated rings. The highest BCUT2D eigenvalue weighted by Crippen LogP contribution is 2.41. The fourth-order valence-corrected chi connectivity index (χ4v) is 6.24. The van der Waals surface area contributed by atoms with E-state index in [1.165, 1.54) is 0 Å². The lowest BCUT2D eigenvalue weighted by Crippen LogP contribution is -2.52. The summed E-state index contributed by atoms with van der Waals surface area (Å²) in [5, 5.41) is 4.70. The molecule has 0 aliphatic carbocycles. The minimum Gasteiger partial charge on any atom is -0.295 e. The van der Waals surface area contributed by atoms with Gasteiger partial charge in [0.1, 0.15) is 60.7 Å². The van der Waals surface area contributed by atoms with Crippen molar-refractivity contribution < 1.29 is 0 Å². The summed E-state index contributed by atoms with van der Waals surface area (Å²) in [6.07, 6.45) is 0. The van der Waals surface area contributed by atoms with Crippen LogP contribution in [-0.2, 0) is 0 Å². The van der Waals surface area contributed by atoms with Crippen LogP contribution in [0.2, 0.25) is 0 Å². The molecule has 0 spiro atoms. The van der Waals surface area contributed by atoms with Crippen LogP contribution in [0.3, 0.4) is 0 Å². The normalized spacial score (nSPS) is 11.7. The quantitative estimate of drug-likeness (QED) is 0.241. The zero-order chi connectivity index (χ0) is 28.7. The Balaban J connectivity index is 1.72. The van der Waals surface area contributed by atoms with Gasteiger partial charge >= 0.3 is 0 Å². The third-order valence-corrected chi connectivity index (χ3v) is 8.13. The Bertz CT molecular complexity index is 2200. The van der Waals surface area contributed by atoms with Gasteiger partial charge in [0, 0.05) is 10.8 Å². The van der Waals surface area contributed by atoms with E-state index in [2.05, 4.69) is 34.9 Å². The first-order valence-corrected chi connectivity index (χ1v) is 13.1. The first-order chi connectivity index (χ1) is 19.7. The third kappa shape index (κ3) is 3.51. The maximum absolute atomic E-state index is 6.94. The van der Waals surface area contributed by atoms with Gasteiger partial charge in [0.2, 0.25) is 0 Å². The fourth-order valence-electron chi connectivity index (χ4n) is 6.24. The molecular formula is C32H15B7N2. The van der Waals surface area contributed by atoms with Gasteiger partial charge in [-0.3, -0.25) is 4.57 Å². The van der Waals surface area contributed by atoms with Crippen LogP contribution in [0.25, 0.3) is 60.2 Å². The number of aryl methyl sites for hydroxylation is 1. The minimum absolute atomic E-state index is 0.149. The zero-order valence-corrected chi connectivity index (χ0v) is 22.4. The van der Waals surface area contributed by atoms with Gasteiger partial charge in [-0.05, 0) is 51.7 Å². The molecule has 1 heterocycles. The molecule has 1 aromatic heterocycles. The zero-order valence-electron chi connectivity index (χ0n) is 22.4. The molecule has 6 aromatic carbocycles. The molecule has 9 heteroatoms. The number of nitrogens with zero attached hydrogens (tertiary/aromatic N) is 2. The fraction of sp³-hybridized carbons (Fsp3) is 0.0312. The van der Waals surface area contributed by atoms with Crippen LogP contribution in [0.1, 0.15) is 5.82 Å². The SMILES string of the molecule is [B]c1c([B])c([B])c2c([B])c(-c3c4ccccc4c(-n4c(C)nc5ccccc54)c4ccccc34)c([B])c([B])c2c1[B]. The van der Waals surface area contributed by atoms with Gasteiger partial charge in [-0.25, -0.2) is 4.98 Å². The van der Waals surface area contributed by atoms with E-state index in [0.29, 0.717) is 21.8 Å². The highest BCUT2D eigenvalue weighted by Gasteiger charge is 2.23. The molecule has 0 aliphatic heterocycles. The van der Waals surface area contributed by atoms with Gasteiger partial charge in [-0.15, -0.1) is 10.9 Å². The monoisotopic (exact) mass is 504 g/mol. The van der Waals surface area contributed by atoms with E-state index in [1.807, 2.05) is 49.4 Å². The van der Waals surface area contributed by atoms with Crippen LogP contribution < -0.4 is 38.2 Å². The Hall–Kier alpha value is -3.98. The molecule has 0 amide bonds. The number of imidazole rings is 1. The summed E-state index contributed by atoms with van der Waals surface area (Å²) in [5.41, 5.74) is 5.92. The van der Waals surface area contributed by atoms with Gasteiger partial charge in [0.05, 0.1) is 16.7 Å². The maximum atomic E-state index is 6.94. The molecule has 0 saturated carbocycles. The molecule has 41 heavy (non-hydrogen) atoms. The van der Waals surface area contributed by atoms with E-state index in [0.717, 1.165) is 49.7 Å². The number of benzene rings is 6. The van der Waals surface area contributed by atoms with Gasteiger partial charge in [-0.2, -0.15) is 0 Å². The van der Waals surface area contributed by atoms with Crippen molar-refractivity contribution in [2.24, 2.45) is 0 Å². The Labute approximate surface area is 247 Å². The number of aromatic nitrogens is 2. The van der Waals surface area contributed by atoms with Gasteiger partial charge in [0.15, 0.2) is 0 Å². The Morgan fingerprint density at radius 1 is 0.488 bits per heavy atom. The van der Waals surface area contributed by atoms with Gasteiger partial charge < -0.3 is 0 Å². The largest absolute Gasteiger partial charge is 0.295 e. The molecule has 2 nitrogen and oxygen atoms in total. The number of hydrogen-bond acceptors (Lipinski definition) is 1. The van der Waals surface area contributed by atoms with Gasteiger partial charge in [0.25, 0.3) is 0 Å².